The number of unbranched alkanes of at least 4 members (excludes halogenated alkanes) is 5. The van der Waals surface area contributed by atoms with Crippen molar-refractivity contribution in [1.29, 1.82) is 0 Å². The van der Waals surface area contributed by atoms with Crippen LogP contribution in [0.15, 0.2) is 65.9 Å². The molecular weight excluding hydrogens is 644 g/mol. The van der Waals surface area contributed by atoms with Crippen molar-refractivity contribution >= 4 is 11.4 Å². The first kappa shape index (κ1) is 48.8. The van der Waals surface area contributed by atoms with E-state index in [0.29, 0.717) is 29.6 Å². The first-order valence-electron chi connectivity index (χ1n) is 20.8. The van der Waals surface area contributed by atoms with E-state index in [1.54, 1.807) is 6.07 Å². The van der Waals surface area contributed by atoms with Crippen LogP contribution in [0.25, 0.3) is 5.57 Å². The second-order valence-corrected chi connectivity index (χ2v) is 13.9. The Balaban J connectivity index is 0.00000172. The Labute approximate surface area is 319 Å². The van der Waals surface area contributed by atoms with Crippen LogP contribution in [0, 0.1) is 23.6 Å². The number of aromatic amines is 1. The number of nitrogens with one attached hydrogen (secondary N) is 1. The van der Waals surface area contributed by atoms with E-state index in [1.807, 2.05) is 33.0 Å². The van der Waals surface area contributed by atoms with E-state index in [0.717, 1.165) is 47.2 Å². The number of fused-ring (bicyclic) bond motifs is 1. The first-order chi connectivity index (χ1) is 25.0. The molecule has 1 aliphatic rings. The molecule has 0 radical (unpaired) electrons. The first-order valence-corrected chi connectivity index (χ1v) is 20.8. The number of hydrogen-bond donors (Lipinski definition) is 1. The normalized spacial score (nSPS) is 16.0. The fourth-order valence-electron chi connectivity index (χ4n) is 5.94. The standard InChI is InChI=1S/C34H45FN2O2.C6H14.C5H12.C2H6/c1-9-21(5)24(8)30(15-14-29(22(6)10-2)31-19-36-37-33(31)23(7)11-3)28(12-4)34(38)26-17-25-18-27(35)13-16-32(25)39-20-26;1-3-5-6-4-2;1-3-5-4-2;1-2/h12-16,18-19,21-23,26H,8-11,17,20H2,1-7H3,(H,36,37);3-6H2,1-2H3;3-5H2,1-2H3;1-2H3/b28-12+,29-14+,30-15+;;;. The fraction of sp³-hybridized carbons (Fsp3) is 0.617. The molecule has 0 amide bonds. The van der Waals surface area contributed by atoms with Gasteiger partial charge < -0.3 is 4.74 Å². The van der Waals surface area contributed by atoms with E-state index in [2.05, 4.69) is 98.2 Å². The number of benzene rings is 1. The van der Waals surface area contributed by atoms with E-state index >= 15 is 0 Å². The number of ketones is 1. The summed E-state index contributed by atoms with van der Waals surface area (Å²) in [7, 11) is 0. The molecule has 0 spiro atoms. The van der Waals surface area contributed by atoms with Gasteiger partial charge in [0.05, 0.1) is 18.7 Å². The number of carbonyl (C=O) groups excluding carboxylic acids is 1. The van der Waals surface area contributed by atoms with Crippen LogP contribution >= 0.6 is 0 Å². The second kappa shape index (κ2) is 28.3. The van der Waals surface area contributed by atoms with Crippen LogP contribution in [0.5, 0.6) is 5.75 Å². The van der Waals surface area contributed by atoms with Gasteiger partial charge in [0.15, 0.2) is 5.78 Å². The van der Waals surface area contributed by atoms with Crippen LogP contribution < -0.4 is 4.74 Å². The molecule has 0 aliphatic carbocycles. The molecule has 294 valence electrons. The van der Waals surface area contributed by atoms with Crippen molar-refractivity contribution in [2.45, 2.75) is 167 Å². The van der Waals surface area contributed by atoms with Gasteiger partial charge in [0.2, 0.25) is 0 Å². The van der Waals surface area contributed by atoms with E-state index in [4.69, 9.17) is 4.74 Å². The van der Waals surface area contributed by atoms with Gasteiger partial charge in [0, 0.05) is 16.8 Å². The predicted octanol–water partition coefficient (Wildman–Crippen LogP) is 14.6. The van der Waals surface area contributed by atoms with Gasteiger partial charge in [-0.25, -0.2) is 4.39 Å². The number of Topliss-reactive ketones (excluding diaryl/α,β-unsaturated/α-hetero) is 1. The Morgan fingerprint density at radius 3 is 2.00 bits per heavy atom. The van der Waals surface area contributed by atoms with Gasteiger partial charge in [-0.2, -0.15) is 5.10 Å². The third kappa shape index (κ3) is 15.8. The maximum absolute atomic E-state index is 14.0. The Morgan fingerprint density at radius 1 is 0.904 bits per heavy atom. The smallest absolute Gasteiger partial charge is 0.169 e. The van der Waals surface area contributed by atoms with Crippen LogP contribution in [0.4, 0.5) is 4.39 Å². The second-order valence-electron chi connectivity index (χ2n) is 13.9. The summed E-state index contributed by atoms with van der Waals surface area (Å²) in [4.78, 5) is 14.0. The molecule has 0 saturated carbocycles. The number of rotatable bonds is 17. The Morgan fingerprint density at radius 2 is 1.50 bits per heavy atom. The average Bonchev–Trinajstić information content (AvgIpc) is 3.66. The molecule has 2 heterocycles. The number of ether oxygens (including phenoxy) is 1. The molecule has 2 aromatic rings. The summed E-state index contributed by atoms with van der Waals surface area (Å²) in [5, 5.41) is 7.61. The minimum Gasteiger partial charge on any atom is -0.493 e. The predicted molar refractivity (Wildman–Crippen MR) is 226 cm³/mol. The lowest BCUT2D eigenvalue weighted by Gasteiger charge is -2.27. The molecular formula is C47H77FN2O2. The van der Waals surface area contributed by atoms with Gasteiger partial charge in [0.25, 0.3) is 0 Å². The Hall–Kier alpha value is -3.21. The van der Waals surface area contributed by atoms with Gasteiger partial charge in [-0.1, -0.05) is 153 Å². The van der Waals surface area contributed by atoms with Crippen LogP contribution in [-0.2, 0) is 11.2 Å². The van der Waals surface area contributed by atoms with Crippen LogP contribution in [-0.4, -0.2) is 22.6 Å². The molecule has 1 N–H and O–H groups in total. The van der Waals surface area contributed by atoms with Crippen molar-refractivity contribution in [3.63, 3.8) is 0 Å². The molecule has 52 heavy (non-hydrogen) atoms. The van der Waals surface area contributed by atoms with Gasteiger partial charge in [-0.05, 0) is 90.8 Å². The highest BCUT2D eigenvalue weighted by Crippen LogP contribution is 2.36. The lowest BCUT2D eigenvalue weighted by Crippen LogP contribution is -2.30. The third-order valence-corrected chi connectivity index (χ3v) is 10.0. The lowest BCUT2D eigenvalue weighted by atomic mass is 9.81. The van der Waals surface area contributed by atoms with Crippen molar-refractivity contribution < 1.29 is 13.9 Å². The maximum atomic E-state index is 14.0. The molecule has 0 fully saturated rings. The van der Waals surface area contributed by atoms with Gasteiger partial charge >= 0.3 is 0 Å². The zero-order chi connectivity index (χ0) is 39.6. The average molecular weight is 721 g/mol. The summed E-state index contributed by atoms with van der Waals surface area (Å²) < 4.78 is 19.8. The quantitative estimate of drug-likeness (QED) is 0.101. The highest BCUT2D eigenvalue weighted by atomic mass is 19.1. The monoisotopic (exact) mass is 721 g/mol. The number of allylic oxidation sites excluding steroid dienone is 7. The SMILES string of the molecule is C=C(C(=C\C=C(\c1cn[nH]c1C(C)CC)C(C)CC)/C(=C\C)C(=O)C1COc2ccc(F)cc2C1)C(C)CC.CC.CCCCC.CCCCCC. The van der Waals surface area contributed by atoms with Crippen molar-refractivity contribution in [2.24, 2.45) is 17.8 Å². The summed E-state index contributed by atoms with van der Waals surface area (Å²) in [5.41, 5.74) is 6.65. The molecule has 3 rings (SSSR count). The van der Waals surface area contributed by atoms with E-state index in [9.17, 15) is 9.18 Å². The number of aromatic nitrogens is 2. The summed E-state index contributed by atoms with van der Waals surface area (Å²) in [6, 6.07) is 4.51. The van der Waals surface area contributed by atoms with Gasteiger partial charge in [-0.15, -0.1) is 0 Å². The van der Waals surface area contributed by atoms with Crippen molar-refractivity contribution in [2.75, 3.05) is 6.61 Å². The lowest BCUT2D eigenvalue weighted by molar-refractivity contribution is -0.120. The summed E-state index contributed by atoms with van der Waals surface area (Å²) in [5.74, 6) is 0.832. The van der Waals surface area contributed by atoms with Crippen LogP contribution in [0.1, 0.15) is 177 Å². The van der Waals surface area contributed by atoms with Crippen LogP contribution in [0.2, 0.25) is 0 Å². The number of H-pyrrole nitrogens is 1. The zero-order valence-electron chi connectivity index (χ0n) is 35.7. The summed E-state index contributed by atoms with van der Waals surface area (Å²) in [6.45, 7) is 32.6. The van der Waals surface area contributed by atoms with Crippen LogP contribution in [0.3, 0.4) is 0 Å². The fourth-order valence-corrected chi connectivity index (χ4v) is 5.94. The molecule has 5 heteroatoms. The van der Waals surface area contributed by atoms with Crippen molar-refractivity contribution in [3.05, 3.63) is 88.6 Å². The van der Waals surface area contributed by atoms with E-state index < -0.39 is 0 Å². The van der Waals surface area contributed by atoms with Crippen molar-refractivity contribution in [1.82, 2.24) is 10.2 Å². The van der Waals surface area contributed by atoms with E-state index in [1.165, 1.54) is 62.7 Å². The van der Waals surface area contributed by atoms with E-state index in [-0.39, 0.29) is 30.0 Å². The molecule has 1 aromatic carbocycles. The van der Waals surface area contributed by atoms with Gasteiger partial charge in [0.1, 0.15) is 11.6 Å². The largest absolute Gasteiger partial charge is 0.493 e. The molecule has 4 nitrogen and oxygen atoms in total. The highest BCUT2D eigenvalue weighted by molar-refractivity contribution is 6.02. The minimum absolute atomic E-state index is 0.00482. The maximum Gasteiger partial charge on any atom is 0.169 e. The number of nitrogens with zero attached hydrogens (tertiary/aromatic N) is 1. The molecule has 1 aliphatic heterocycles. The highest BCUT2D eigenvalue weighted by Gasteiger charge is 2.30. The topological polar surface area (TPSA) is 55.0 Å². The molecule has 0 saturated heterocycles. The minimum atomic E-state index is -0.387. The molecule has 4 unspecified atom stereocenters. The molecule has 1 aromatic heterocycles. The molecule has 0 bridgehead atoms. The summed E-state index contributed by atoms with van der Waals surface area (Å²) in [6.07, 6.45) is 21.0. The number of halogens is 1. The summed E-state index contributed by atoms with van der Waals surface area (Å²) >= 11 is 0. The third-order valence-electron chi connectivity index (χ3n) is 10.0. The number of carbonyl (C=O) groups is 1. The Bertz CT molecular complexity index is 1380. The van der Waals surface area contributed by atoms with Crippen molar-refractivity contribution in [3.8, 4) is 5.75 Å². The van der Waals surface area contributed by atoms with Gasteiger partial charge in [-0.3, -0.25) is 9.89 Å². The zero-order valence-corrected chi connectivity index (χ0v) is 35.7. The number of hydrogen-bond acceptors (Lipinski definition) is 3. The molecule has 4 atom stereocenters. The Kier molecular flexibility index (Phi) is 26.6.